The SMILES string of the molecule is CCCNC(=NCC1(N2CCOCC2)CCSC1)NCC.I. The summed E-state index contributed by atoms with van der Waals surface area (Å²) in [4.78, 5) is 7.49. The van der Waals surface area contributed by atoms with Gasteiger partial charge in [0.05, 0.1) is 25.3 Å². The molecule has 0 bridgehead atoms. The maximum atomic E-state index is 5.51. The normalized spacial score (nSPS) is 26.5. The minimum absolute atomic E-state index is 0. The van der Waals surface area contributed by atoms with Crippen molar-refractivity contribution in [1.29, 1.82) is 0 Å². The average molecular weight is 442 g/mol. The molecule has 130 valence electrons. The molecule has 7 heteroatoms. The van der Waals surface area contributed by atoms with Crippen LogP contribution in [0.5, 0.6) is 0 Å². The molecule has 0 aromatic carbocycles. The molecule has 22 heavy (non-hydrogen) atoms. The van der Waals surface area contributed by atoms with Crippen molar-refractivity contribution in [2.24, 2.45) is 4.99 Å². The van der Waals surface area contributed by atoms with Gasteiger partial charge in [-0.15, -0.1) is 24.0 Å². The molecule has 0 radical (unpaired) electrons. The molecule has 1 atom stereocenters. The van der Waals surface area contributed by atoms with Crippen molar-refractivity contribution >= 4 is 41.7 Å². The van der Waals surface area contributed by atoms with Crippen LogP contribution in [0.4, 0.5) is 0 Å². The highest BCUT2D eigenvalue weighted by Gasteiger charge is 2.40. The van der Waals surface area contributed by atoms with E-state index in [2.05, 4.69) is 41.1 Å². The molecule has 2 aliphatic rings. The Bertz CT molecular complexity index is 332. The summed E-state index contributed by atoms with van der Waals surface area (Å²) in [5.41, 5.74) is 0.239. The van der Waals surface area contributed by atoms with Crippen LogP contribution in [-0.4, -0.2) is 73.8 Å². The lowest BCUT2D eigenvalue weighted by Crippen LogP contribution is -2.56. The first kappa shape index (κ1) is 20.3. The van der Waals surface area contributed by atoms with Gasteiger partial charge in [-0.1, -0.05) is 6.92 Å². The molecule has 0 aromatic heterocycles. The Hall–Kier alpha value is 0.270. The van der Waals surface area contributed by atoms with Crippen molar-refractivity contribution in [3.63, 3.8) is 0 Å². The number of hydrogen-bond acceptors (Lipinski definition) is 4. The van der Waals surface area contributed by atoms with Crippen molar-refractivity contribution in [2.75, 3.05) is 57.4 Å². The zero-order valence-corrected chi connectivity index (χ0v) is 17.0. The molecular weight excluding hydrogens is 411 g/mol. The standard InChI is InChI=1S/C15H30N4OS.HI/c1-3-6-17-14(16-4-2)18-12-15(5-11-21-13-15)19-7-9-20-10-8-19;/h3-13H2,1-2H3,(H2,16,17,18);1H. The zero-order chi connectivity index (χ0) is 15.0. The van der Waals surface area contributed by atoms with Crippen molar-refractivity contribution in [2.45, 2.75) is 32.2 Å². The lowest BCUT2D eigenvalue weighted by atomic mass is 9.96. The molecule has 1 unspecified atom stereocenters. The Morgan fingerprint density at radius 2 is 2.05 bits per heavy atom. The van der Waals surface area contributed by atoms with Crippen LogP contribution in [0.3, 0.4) is 0 Å². The van der Waals surface area contributed by atoms with Gasteiger partial charge in [-0.25, -0.2) is 0 Å². The molecule has 2 N–H and O–H groups in total. The fourth-order valence-electron chi connectivity index (χ4n) is 2.92. The molecule has 2 rings (SSSR count). The number of guanidine groups is 1. The van der Waals surface area contributed by atoms with E-state index in [1.807, 2.05) is 0 Å². The Morgan fingerprint density at radius 1 is 1.27 bits per heavy atom. The number of halogens is 1. The first-order valence-corrected chi connectivity index (χ1v) is 9.39. The second-order valence-corrected chi connectivity index (χ2v) is 6.85. The van der Waals surface area contributed by atoms with Crippen LogP contribution in [0.2, 0.25) is 0 Å². The van der Waals surface area contributed by atoms with Gasteiger partial charge >= 0.3 is 0 Å². The molecule has 2 fully saturated rings. The molecular formula is C15H31IN4OS. The maximum Gasteiger partial charge on any atom is 0.191 e. The number of ether oxygens (including phenoxy) is 1. The molecule has 0 saturated carbocycles. The summed E-state index contributed by atoms with van der Waals surface area (Å²) in [5, 5.41) is 6.75. The van der Waals surface area contributed by atoms with E-state index >= 15 is 0 Å². The number of nitrogens with one attached hydrogen (secondary N) is 2. The Labute approximate surface area is 156 Å². The first-order chi connectivity index (χ1) is 10.3. The number of nitrogens with zero attached hydrogens (tertiary/aromatic N) is 2. The van der Waals surface area contributed by atoms with Crippen LogP contribution in [0.1, 0.15) is 26.7 Å². The summed E-state index contributed by atoms with van der Waals surface area (Å²) in [7, 11) is 0. The highest BCUT2D eigenvalue weighted by Crippen LogP contribution is 2.34. The van der Waals surface area contributed by atoms with E-state index in [-0.39, 0.29) is 29.5 Å². The second-order valence-electron chi connectivity index (χ2n) is 5.75. The quantitative estimate of drug-likeness (QED) is 0.373. The summed E-state index contributed by atoms with van der Waals surface area (Å²) in [6, 6.07) is 0. The van der Waals surface area contributed by atoms with Gasteiger partial charge in [0.25, 0.3) is 0 Å². The summed E-state index contributed by atoms with van der Waals surface area (Å²) < 4.78 is 5.51. The number of morpholine rings is 1. The van der Waals surface area contributed by atoms with Gasteiger partial charge < -0.3 is 15.4 Å². The molecule has 0 aromatic rings. The van der Waals surface area contributed by atoms with Gasteiger partial charge in [-0.05, 0) is 25.5 Å². The van der Waals surface area contributed by atoms with Gasteiger partial charge in [-0.2, -0.15) is 11.8 Å². The molecule has 5 nitrogen and oxygen atoms in total. The predicted molar refractivity (Wildman–Crippen MR) is 107 cm³/mol. The number of rotatable bonds is 6. The maximum absolute atomic E-state index is 5.51. The van der Waals surface area contributed by atoms with Gasteiger partial charge in [0.15, 0.2) is 5.96 Å². The fraction of sp³-hybridized carbons (Fsp3) is 0.933. The topological polar surface area (TPSA) is 48.9 Å². The third kappa shape index (κ3) is 5.72. The Kier molecular flexibility index (Phi) is 10.1. The summed E-state index contributed by atoms with van der Waals surface area (Å²) in [5.74, 6) is 3.42. The van der Waals surface area contributed by atoms with E-state index in [0.29, 0.717) is 0 Å². The van der Waals surface area contributed by atoms with Crippen LogP contribution in [0.15, 0.2) is 4.99 Å². The smallest absolute Gasteiger partial charge is 0.191 e. The van der Waals surface area contributed by atoms with Crippen molar-refractivity contribution in [1.82, 2.24) is 15.5 Å². The molecule has 2 aliphatic heterocycles. The summed E-state index contributed by atoms with van der Waals surface area (Å²) >= 11 is 2.06. The van der Waals surface area contributed by atoms with Crippen molar-refractivity contribution in [3.8, 4) is 0 Å². The monoisotopic (exact) mass is 442 g/mol. The Morgan fingerprint density at radius 3 is 2.64 bits per heavy atom. The third-order valence-electron chi connectivity index (χ3n) is 4.18. The molecule has 0 aliphatic carbocycles. The molecule has 0 spiro atoms. The van der Waals surface area contributed by atoms with Crippen LogP contribution >= 0.6 is 35.7 Å². The minimum Gasteiger partial charge on any atom is -0.379 e. The van der Waals surface area contributed by atoms with E-state index in [4.69, 9.17) is 9.73 Å². The fourth-order valence-corrected chi connectivity index (χ4v) is 4.39. The van der Waals surface area contributed by atoms with Crippen LogP contribution < -0.4 is 10.6 Å². The first-order valence-electron chi connectivity index (χ1n) is 8.23. The highest BCUT2D eigenvalue weighted by atomic mass is 127. The lowest BCUT2D eigenvalue weighted by molar-refractivity contribution is -0.0104. The van der Waals surface area contributed by atoms with E-state index in [0.717, 1.165) is 58.3 Å². The number of aliphatic imine (C=N–C) groups is 1. The molecule has 2 heterocycles. The molecule has 2 saturated heterocycles. The molecule has 0 amide bonds. The number of hydrogen-bond donors (Lipinski definition) is 2. The average Bonchev–Trinajstić information content (AvgIpc) is 3.01. The van der Waals surface area contributed by atoms with Gasteiger partial charge in [0.2, 0.25) is 0 Å². The van der Waals surface area contributed by atoms with Crippen LogP contribution in [0.25, 0.3) is 0 Å². The summed E-state index contributed by atoms with van der Waals surface area (Å²) in [6.45, 7) is 10.9. The largest absolute Gasteiger partial charge is 0.379 e. The van der Waals surface area contributed by atoms with E-state index in [1.54, 1.807) is 0 Å². The second kappa shape index (κ2) is 10.9. The van der Waals surface area contributed by atoms with Crippen LogP contribution in [-0.2, 0) is 4.74 Å². The van der Waals surface area contributed by atoms with Crippen molar-refractivity contribution < 1.29 is 4.74 Å². The predicted octanol–water partition coefficient (Wildman–Crippen LogP) is 1.78. The van der Waals surface area contributed by atoms with Gasteiger partial charge in [0, 0.05) is 31.9 Å². The highest BCUT2D eigenvalue weighted by molar-refractivity contribution is 14.0. The lowest BCUT2D eigenvalue weighted by Gasteiger charge is -2.42. The number of thioether (sulfide) groups is 1. The van der Waals surface area contributed by atoms with E-state index in [9.17, 15) is 0 Å². The Balaban J connectivity index is 0.00000242. The third-order valence-corrected chi connectivity index (χ3v) is 5.42. The minimum atomic E-state index is 0. The van der Waals surface area contributed by atoms with Crippen molar-refractivity contribution in [3.05, 3.63) is 0 Å². The summed E-state index contributed by atoms with van der Waals surface area (Å²) in [6.07, 6.45) is 2.36. The van der Waals surface area contributed by atoms with Gasteiger partial charge in [-0.3, -0.25) is 9.89 Å². The van der Waals surface area contributed by atoms with Gasteiger partial charge in [0.1, 0.15) is 0 Å². The van der Waals surface area contributed by atoms with Crippen LogP contribution in [0, 0.1) is 0 Å². The van der Waals surface area contributed by atoms with E-state index in [1.165, 1.54) is 17.9 Å². The zero-order valence-electron chi connectivity index (χ0n) is 13.9. The van der Waals surface area contributed by atoms with E-state index < -0.39 is 0 Å².